The Balaban J connectivity index is 0.000000821. The van der Waals surface area contributed by atoms with Gasteiger partial charge in [-0.15, -0.1) is 11.3 Å². The molecule has 2 aliphatic rings. The molecular formula is C24H28N4O4S. The van der Waals surface area contributed by atoms with Crippen LogP contribution in [0.15, 0.2) is 46.5 Å². The second-order valence-electron chi connectivity index (χ2n) is 8.16. The lowest BCUT2D eigenvalue weighted by Crippen LogP contribution is -2.22. The summed E-state index contributed by atoms with van der Waals surface area (Å²) in [5, 5.41) is 9.89. The van der Waals surface area contributed by atoms with Crippen molar-refractivity contribution in [3.63, 3.8) is 0 Å². The highest BCUT2D eigenvalue weighted by Gasteiger charge is 2.19. The largest absolute Gasteiger partial charge is 0.483 e. The van der Waals surface area contributed by atoms with Crippen molar-refractivity contribution in [2.45, 2.75) is 38.8 Å². The van der Waals surface area contributed by atoms with E-state index in [2.05, 4.69) is 44.4 Å². The first-order valence-corrected chi connectivity index (χ1v) is 12.0. The van der Waals surface area contributed by atoms with Gasteiger partial charge < -0.3 is 19.7 Å². The van der Waals surface area contributed by atoms with Crippen LogP contribution >= 0.6 is 11.3 Å². The predicted molar refractivity (Wildman–Crippen MR) is 128 cm³/mol. The average molecular weight is 469 g/mol. The van der Waals surface area contributed by atoms with Crippen LogP contribution in [-0.4, -0.2) is 47.0 Å². The number of nitrogens with one attached hydrogen (secondary N) is 1. The van der Waals surface area contributed by atoms with Gasteiger partial charge >= 0.3 is 0 Å². The van der Waals surface area contributed by atoms with Gasteiger partial charge in [0.2, 0.25) is 0 Å². The minimum atomic E-state index is -0.250. The Labute approximate surface area is 196 Å². The summed E-state index contributed by atoms with van der Waals surface area (Å²) in [6, 6.07) is 10.5. The maximum Gasteiger partial charge on any atom is 0.290 e. The standard InChI is InChI=1S/C23H26N4O2S.CH2O2/c28-23(21-13-24-16-30-21)25-19-6-5-17-4-3-9-26(14-18(17)12-19)15-20-7-8-22(29-20)27-10-1-2-11-27;2-1-3/h5-8,12-13,16H,1-4,9-11,14-15H2,(H,25,28);1H,(H,2,3). The molecule has 1 aromatic carbocycles. The number of aromatic nitrogens is 1. The fourth-order valence-corrected chi connectivity index (χ4v) is 4.86. The summed E-state index contributed by atoms with van der Waals surface area (Å²) < 4.78 is 6.14. The molecule has 1 saturated heterocycles. The molecule has 0 atom stereocenters. The monoisotopic (exact) mass is 468 g/mol. The third kappa shape index (κ3) is 6.00. The Morgan fingerprint density at radius 2 is 1.97 bits per heavy atom. The van der Waals surface area contributed by atoms with E-state index in [4.69, 9.17) is 14.3 Å². The van der Waals surface area contributed by atoms with Crippen molar-refractivity contribution in [1.29, 1.82) is 0 Å². The molecule has 0 unspecified atom stereocenters. The number of hydrogen-bond donors (Lipinski definition) is 2. The molecule has 5 rings (SSSR count). The highest BCUT2D eigenvalue weighted by atomic mass is 32.1. The van der Waals surface area contributed by atoms with E-state index in [-0.39, 0.29) is 12.4 Å². The molecule has 4 heterocycles. The Bertz CT molecular complexity index is 1060. The van der Waals surface area contributed by atoms with Crippen LogP contribution in [0, 0.1) is 0 Å². The third-order valence-corrected chi connectivity index (χ3v) is 6.65. The third-order valence-electron chi connectivity index (χ3n) is 5.88. The number of hydrogen-bond acceptors (Lipinski definition) is 7. The van der Waals surface area contributed by atoms with Crippen molar-refractivity contribution in [1.82, 2.24) is 9.88 Å². The average Bonchev–Trinajstić information content (AvgIpc) is 3.56. The molecule has 9 heteroatoms. The van der Waals surface area contributed by atoms with Gasteiger partial charge in [0, 0.05) is 31.4 Å². The van der Waals surface area contributed by atoms with E-state index >= 15 is 0 Å². The molecule has 3 aromatic rings. The smallest absolute Gasteiger partial charge is 0.290 e. The fourth-order valence-electron chi connectivity index (χ4n) is 4.34. The molecule has 0 bridgehead atoms. The second-order valence-corrected chi connectivity index (χ2v) is 9.04. The van der Waals surface area contributed by atoms with Crippen LogP contribution in [0.3, 0.4) is 0 Å². The van der Waals surface area contributed by atoms with E-state index in [0.29, 0.717) is 4.88 Å². The van der Waals surface area contributed by atoms with Gasteiger partial charge in [0.1, 0.15) is 10.6 Å². The van der Waals surface area contributed by atoms with Crippen LogP contribution in [0.1, 0.15) is 45.8 Å². The lowest BCUT2D eigenvalue weighted by Gasteiger charge is -2.20. The Morgan fingerprint density at radius 1 is 1.15 bits per heavy atom. The number of rotatable bonds is 5. The first-order valence-electron chi connectivity index (χ1n) is 11.1. The molecular weight excluding hydrogens is 440 g/mol. The van der Waals surface area contributed by atoms with Gasteiger partial charge in [-0.1, -0.05) is 6.07 Å². The maximum atomic E-state index is 12.4. The minimum absolute atomic E-state index is 0.104. The lowest BCUT2D eigenvalue weighted by atomic mass is 10.0. The van der Waals surface area contributed by atoms with E-state index in [1.54, 1.807) is 11.7 Å². The van der Waals surface area contributed by atoms with Gasteiger partial charge in [0.05, 0.1) is 18.3 Å². The number of aryl methyl sites for hydroxylation is 1. The van der Waals surface area contributed by atoms with Crippen molar-refractivity contribution in [2.75, 3.05) is 29.9 Å². The molecule has 0 radical (unpaired) electrons. The Morgan fingerprint density at radius 3 is 2.73 bits per heavy atom. The quantitative estimate of drug-likeness (QED) is 0.541. The van der Waals surface area contributed by atoms with Crippen LogP contribution < -0.4 is 10.2 Å². The summed E-state index contributed by atoms with van der Waals surface area (Å²) in [7, 11) is 0. The molecule has 0 saturated carbocycles. The van der Waals surface area contributed by atoms with Gasteiger partial charge in [-0.05, 0) is 61.6 Å². The molecule has 2 N–H and O–H groups in total. The van der Waals surface area contributed by atoms with E-state index in [9.17, 15) is 4.79 Å². The number of carboxylic acid groups (broad SMARTS) is 1. The van der Waals surface area contributed by atoms with Gasteiger partial charge in [-0.25, -0.2) is 0 Å². The van der Waals surface area contributed by atoms with Gasteiger partial charge in [-0.3, -0.25) is 19.5 Å². The van der Waals surface area contributed by atoms with Crippen molar-refractivity contribution in [3.05, 3.63) is 63.8 Å². The Hall–Kier alpha value is -3.17. The molecule has 174 valence electrons. The molecule has 0 spiro atoms. The van der Waals surface area contributed by atoms with Crippen LogP contribution in [0.4, 0.5) is 11.6 Å². The van der Waals surface area contributed by atoms with Gasteiger partial charge in [-0.2, -0.15) is 0 Å². The molecule has 2 aliphatic heterocycles. The SMILES string of the molecule is O=C(Nc1ccc2c(c1)CN(Cc1ccc(N3CCCC3)o1)CCC2)c1cncs1.O=CO. The summed E-state index contributed by atoms with van der Waals surface area (Å²) in [6.45, 7) is 4.65. The zero-order valence-electron chi connectivity index (χ0n) is 18.4. The zero-order valence-corrected chi connectivity index (χ0v) is 19.2. The highest BCUT2D eigenvalue weighted by Crippen LogP contribution is 2.27. The molecule has 1 amide bonds. The van der Waals surface area contributed by atoms with Crippen LogP contribution in [-0.2, 0) is 24.3 Å². The number of amides is 1. The fraction of sp³-hybridized carbons (Fsp3) is 0.375. The van der Waals surface area contributed by atoms with Gasteiger partial charge in [0.15, 0.2) is 5.88 Å². The number of benzene rings is 1. The van der Waals surface area contributed by atoms with E-state index in [1.165, 1.54) is 35.3 Å². The molecule has 2 aromatic heterocycles. The van der Waals surface area contributed by atoms with Crippen molar-refractivity contribution in [3.8, 4) is 0 Å². The van der Waals surface area contributed by atoms with Crippen molar-refractivity contribution in [2.24, 2.45) is 0 Å². The number of carbonyl (C=O) groups excluding carboxylic acids is 1. The van der Waals surface area contributed by atoms with E-state index in [1.807, 2.05) is 6.07 Å². The molecule has 0 aliphatic carbocycles. The topological polar surface area (TPSA) is 98.9 Å². The summed E-state index contributed by atoms with van der Waals surface area (Å²) in [5.41, 5.74) is 5.16. The van der Waals surface area contributed by atoms with Crippen LogP contribution in [0.5, 0.6) is 0 Å². The minimum Gasteiger partial charge on any atom is -0.483 e. The summed E-state index contributed by atoms with van der Waals surface area (Å²) >= 11 is 1.35. The first-order chi connectivity index (χ1) is 16.2. The van der Waals surface area contributed by atoms with E-state index < -0.39 is 0 Å². The summed E-state index contributed by atoms with van der Waals surface area (Å²) in [6.07, 6.45) is 6.29. The van der Waals surface area contributed by atoms with Gasteiger partial charge in [0.25, 0.3) is 12.4 Å². The highest BCUT2D eigenvalue weighted by molar-refractivity contribution is 7.11. The lowest BCUT2D eigenvalue weighted by molar-refractivity contribution is -0.122. The van der Waals surface area contributed by atoms with Crippen molar-refractivity contribution >= 4 is 35.3 Å². The number of furan rings is 1. The normalized spacial score (nSPS) is 15.8. The molecule has 8 nitrogen and oxygen atoms in total. The maximum absolute atomic E-state index is 12.4. The number of anilines is 2. The predicted octanol–water partition coefficient (Wildman–Crippen LogP) is 4.24. The zero-order chi connectivity index (χ0) is 23.0. The van der Waals surface area contributed by atoms with E-state index in [0.717, 1.165) is 62.9 Å². The molecule has 33 heavy (non-hydrogen) atoms. The summed E-state index contributed by atoms with van der Waals surface area (Å²) in [4.78, 5) is 30.1. The molecule has 1 fully saturated rings. The van der Waals surface area contributed by atoms with Crippen LogP contribution in [0.25, 0.3) is 0 Å². The van der Waals surface area contributed by atoms with Crippen LogP contribution in [0.2, 0.25) is 0 Å². The van der Waals surface area contributed by atoms with Crippen molar-refractivity contribution < 1.29 is 19.1 Å². The number of nitrogens with zero attached hydrogens (tertiary/aromatic N) is 3. The number of thiazole rings is 1. The number of fused-ring (bicyclic) bond motifs is 1. The summed E-state index contributed by atoms with van der Waals surface area (Å²) in [5.74, 6) is 1.92. The Kier molecular flexibility index (Phi) is 7.74. The second kappa shape index (κ2) is 11.1. The first kappa shape index (κ1) is 23.0. The number of carbonyl (C=O) groups is 2.